The van der Waals surface area contributed by atoms with Gasteiger partial charge >= 0.3 is 11.7 Å². The number of Topliss-reactive ketones (excluding diaryl/α,β-unsaturated/α-hetero) is 1. The molecule has 2 aromatic rings. The Morgan fingerprint density at radius 3 is 2.66 bits per heavy atom. The highest BCUT2D eigenvalue weighted by molar-refractivity contribution is 7.12. The number of ketones is 1. The van der Waals surface area contributed by atoms with Crippen LogP contribution in [0.5, 0.6) is 5.75 Å². The van der Waals surface area contributed by atoms with Gasteiger partial charge in [0.1, 0.15) is 17.1 Å². The van der Waals surface area contributed by atoms with Crippen LogP contribution in [-0.4, -0.2) is 28.6 Å². The normalized spacial score (nSPS) is 12.5. The number of unbranched alkanes of at least 4 members (excludes halogenated alkanes) is 2. The standard InChI is InChI=1S/C24H31NO6S/c1-4-5-9-17-10-11-18(32-17)13-16(3)22(27)21-19(26)14-20(31-23(21)28)15(2)8-6-7-12-25-24(29)30/h10-11,13-15,25-26H,4-9,12H2,1-3H3,(H,29,30). The first-order valence-corrected chi connectivity index (χ1v) is 11.7. The molecule has 0 aliphatic heterocycles. The molecule has 0 aliphatic rings. The molecule has 7 nitrogen and oxygen atoms in total. The van der Waals surface area contributed by atoms with Crippen molar-refractivity contribution in [2.24, 2.45) is 0 Å². The number of nitrogens with one attached hydrogen (secondary N) is 1. The lowest BCUT2D eigenvalue weighted by Gasteiger charge is -2.12. The van der Waals surface area contributed by atoms with Crippen LogP contribution in [0.25, 0.3) is 6.08 Å². The second-order valence-corrected chi connectivity index (χ2v) is 9.09. The van der Waals surface area contributed by atoms with E-state index >= 15 is 0 Å². The number of thiophene rings is 1. The van der Waals surface area contributed by atoms with Crippen LogP contribution in [0.3, 0.4) is 0 Å². The maximum absolute atomic E-state index is 12.8. The summed E-state index contributed by atoms with van der Waals surface area (Å²) < 4.78 is 5.35. The zero-order valence-corrected chi connectivity index (χ0v) is 19.6. The molecule has 32 heavy (non-hydrogen) atoms. The fourth-order valence-corrected chi connectivity index (χ4v) is 4.35. The lowest BCUT2D eigenvalue weighted by atomic mass is 9.99. The average molecular weight is 462 g/mol. The van der Waals surface area contributed by atoms with Gasteiger partial charge in [-0.3, -0.25) is 4.79 Å². The molecule has 0 bridgehead atoms. The maximum atomic E-state index is 12.8. The van der Waals surface area contributed by atoms with Gasteiger partial charge in [-0.1, -0.05) is 26.7 Å². The first-order chi connectivity index (χ1) is 15.2. The van der Waals surface area contributed by atoms with Crippen molar-refractivity contribution in [3.63, 3.8) is 0 Å². The van der Waals surface area contributed by atoms with Crippen molar-refractivity contribution in [3.05, 3.63) is 55.3 Å². The molecule has 0 aliphatic carbocycles. The van der Waals surface area contributed by atoms with Gasteiger partial charge in [0.15, 0.2) is 5.78 Å². The van der Waals surface area contributed by atoms with E-state index in [1.54, 1.807) is 24.3 Å². The SMILES string of the molecule is CCCCc1ccc(C=C(C)C(=O)c2c(O)cc(C(C)CCCCNC(=O)O)oc2=O)s1. The highest BCUT2D eigenvalue weighted by Gasteiger charge is 2.22. The molecule has 0 spiro atoms. The lowest BCUT2D eigenvalue weighted by molar-refractivity contribution is 0.102. The maximum Gasteiger partial charge on any atom is 0.404 e. The zero-order valence-electron chi connectivity index (χ0n) is 18.8. The Kier molecular flexibility index (Phi) is 9.71. The topological polar surface area (TPSA) is 117 Å². The summed E-state index contributed by atoms with van der Waals surface area (Å²) >= 11 is 1.61. The third kappa shape index (κ3) is 7.37. The zero-order chi connectivity index (χ0) is 23.7. The quantitative estimate of drug-likeness (QED) is 0.216. The molecule has 0 saturated carbocycles. The monoisotopic (exact) mass is 461 g/mol. The summed E-state index contributed by atoms with van der Waals surface area (Å²) in [6.07, 6.45) is 5.91. The highest BCUT2D eigenvalue weighted by atomic mass is 32.1. The van der Waals surface area contributed by atoms with Crippen molar-refractivity contribution in [2.75, 3.05) is 6.54 Å². The van der Waals surface area contributed by atoms with Crippen LogP contribution >= 0.6 is 11.3 Å². The first kappa shape index (κ1) is 25.4. The number of rotatable bonds is 12. The van der Waals surface area contributed by atoms with Crippen LogP contribution in [0.4, 0.5) is 4.79 Å². The average Bonchev–Trinajstić information content (AvgIpc) is 3.18. The molecule has 0 radical (unpaired) electrons. The molecular formula is C24H31NO6S. The van der Waals surface area contributed by atoms with Gasteiger partial charge in [-0.2, -0.15) is 0 Å². The van der Waals surface area contributed by atoms with Gasteiger partial charge in [0, 0.05) is 28.3 Å². The summed E-state index contributed by atoms with van der Waals surface area (Å²) in [5, 5.41) is 21.3. The molecule has 1 unspecified atom stereocenters. The van der Waals surface area contributed by atoms with E-state index in [2.05, 4.69) is 12.2 Å². The summed E-state index contributed by atoms with van der Waals surface area (Å²) in [7, 11) is 0. The molecular weight excluding hydrogens is 430 g/mol. The predicted molar refractivity (Wildman–Crippen MR) is 126 cm³/mol. The van der Waals surface area contributed by atoms with E-state index in [0.717, 1.165) is 30.6 Å². The largest absolute Gasteiger partial charge is 0.507 e. The lowest BCUT2D eigenvalue weighted by Crippen LogP contribution is -2.21. The van der Waals surface area contributed by atoms with Crippen molar-refractivity contribution in [2.45, 2.75) is 65.2 Å². The molecule has 2 aromatic heterocycles. The second kappa shape index (κ2) is 12.2. The number of hydrogen-bond acceptors (Lipinski definition) is 6. The van der Waals surface area contributed by atoms with Gasteiger partial charge in [0.2, 0.25) is 0 Å². The van der Waals surface area contributed by atoms with E-state index in [4.69, 9.17) is 9.52 Å². The van der Waals surface area contributed by atoms with Gasteiger partial charge in [0.25, 0.3) is 0 Å². The Morgan fingerprint density at radius 2 is 2.00 bits per heavy atom. The smallest absolute Gasteiger partial charge is 0.404 e. The molecule has 174 valence electrons. The van der Waals surface area contributed by atoms with Crippen LogP contribution in [0.1, 0.15) is 84.7 Å². The molecule has 0 fully saturated rings. The van der Waals surface area contributed by atoms with Crippen LogP contribution < -0.4 is 10.9 Å². The van der Waals surface area contributed by atoms with Gasteiger partial charge in [-0.05, 0) is 56.4 Å². The fraction of sp³-hybridized carbons (Fsp3) is 0.458. The Balaban J connectivity index is 2.08. The van der Waals surface area contributed by atoms with Crippen LogP contribution in [0.15, 0.2) is 33.0 Å². The number of hydrogen-bond donors (Lipinski definition) is 3. The van der Waals surface area contributed by atoms with Crippen molar-refractivity contribution in [1.82, 2.24) is 5.32 Å². The van der Waals surface area contributed by atoms with E-state index in [0.29, 0.717) is 30.7 Å². The van der Waals surface area contributed by atoms with E-state index < -0.39 is 17.5 Å². The molecule has 3 N–H and O–H groups in total. The number of aryl methyl sites for hydroxylation is 1. The van der Waals surface area contributed by atoms with Crippen LogP contribution in [-0.2, 0) is 6.42 Å². The van der Waals surface area contributed by atoms with Gasteiger partial charge in [0.05, 0.1) is 0 Å². The second-order valence-electron chi connectivity index (χ2n) is 7.89. The van der Waals surface area contributed by atoms with Gasteiger partial charge in [-0.15, -0.1) is 11.3 Å². The van der Waals surface area contributed by atoms with Crippen molar-refractivity contribution in [1.29, 1.82) is 0 Å². The van der Waals surface area contributed by atoms with Crippen molar-refractivity contribution < 1.29 is 24.2 Å². The molecule has 8 heteroatoms. The van der Waals surface area contributed by atoms with E-state index in [9.17, 15) is 19.5 Å². The van der Waals surface area contributed by atoms with Crippen LogP contribution in [0.2, 0.25) is 0 Å². The highest BCUT2D eigenvalue weighted by Crippen LogP contribution is 2.27. The number of carbonyl (C=O) groups is 2. The fourth-order valence-electron chi connectivity index (χ4n) is 3.30. The summed E-state index contributed by atoms with van der Waals surface area (Å²) in [5.74, 6) is -0.801. The Labute approximate surface area is 191 Å². The Morgan fingerprint density at radius 1 is 1.25 bits per heavy atom. The van der Waals surface area contributed by atoms with Gasteiger partial charge in [-0.25, -0.2) is 9.59 Å². The summed E-state index contributed by atoms with van der Waals surface area (Å²) in [5.41, 5.74) is -0.863. The molecule has 1 atom stereocenters. The van der Waals surface area contributed by atoms with Gasteiger partial charge < -0.3 is 19.9 Å². The van der Waals surface area contributed by atoms with E-state index in [1.807, 2.05) is 19.1 Å². The number of allylic oxidation sites excluding steroid dienone is 1. The Bertz CT molecular complexity index is 1020. The number of carbonyl (C=O) groups excluding carboxylic acids is 1. The molecule has 0 saturated heterocycles. The minimum atomic E-state index is -1.06. The Hall–Kier alpha value is -2.87. The summed E-state index contributed by atoms with van der Waals surface area (Å²) in [4.78, 5) is 37.9. The third-order valence-corrected chi connectivity index (χ3v) is 6.27. The molecule has 1 amide bonds. The van der Waals surface area contributed by atoms with Crippen molar-refractivity contribution >= 4 is 29.3 Å². The van der Waals surface area contributed by atoms with E-state index in [1.165, 1.54) is 10.9 Å². The predicted octanol–water partition coefficient (Wildman–Crippen LogP) is 5.58. The molecule has 0 aromatic carbocycles. The first-order valence-electron chi connectivity index (χ1n) is 10.9. The van der Waals surface area contributed by atoms with Crippen molar-refractivity contribution in [3.8, 4) is 5.75 Å². The molecule has 2 heterocycles. The van der Waals surface area contributed by atoms with Crippen LogP contribution in [0, 0.1) is 0 Å². The number of carboxylic acid groups (broad SMARTS) is 1. The summed E-state index contributed by atoms with van der Waals surface area (Å²) in [6.45, 7) is 5.96. The molecule has 2 rings (SSSR count). The third-order valence-electron chi connectivity index (χ3n) is 5.18. The van der Waals surface area contributed by atoms with E-state index in [-0.39, 0.29) is 17.2 Å². The number of amides is 1. The minimum absolute atomic E-state index is 0.160. The minimum Gasteiger partial charge on any atom is -0.507 e. The number of aromatic hydroxyl groups is 1. The summed E-state index contributed by atoms with van der Waals surface area (Å²) in [6, 6.07) is 5.32.